The Bertz CT molecular complexity index is 809. The molecule has 110 valence electrons. The lowest BCUT2D eigenvalue weighted by molar-refractivity contribution is 0.0691. The van der Waals surface area contributed by atoms with Gasteiger partial charge in [0.1, 0.15) is 5.75 Å². The number of nitrogens with zero attached hydrogens (tertiary/aromatic N) is 1. The summed E-state index contributed by atoms with van der Waals surface area (Å²) >= 11 is 0. The summed E-state index contributed by atoms with van der Waals surface area (Å²) in [5.74, 6) is -0.0312. The summed E-state index contributed by atoms with van der Waals surface area (Å²) < 4.78 is 10.9. The van der Waals surface area contributed by atoms with E-state index in [1.165, 1.54) is 0 Å². The van der Waals surface area contributed by atoms with Crippen molar-refractivity contribution in [1.29, 1.82) is 0 Å². The number of aromatic carboxylic acids is 1. The second kappa shape index (κ2) is 5.73. The van der Waals surface area contributed by atoms with Crippen molar-refractivity contribution < 1.29 is 19.1 Å². The van der Waals surface area contributed by atoms with Crippen LogP contribution in [0.1, 0.15) is 10.5 Å². The molecule has 5 nitrogen and oxygen atoms in total. The van der Waals surface area contributed by atoms with Gasteiger partial charge in [0.2, 0.25) is 5.89 Å². The lowest BCUT2D eigenvalue weighted by Gasteiger charge is -2.02. The van der Waals surface area contributed by atoms with E-state index in [9.17, 15) is 9.90 Å². The van der Waals surface area contributed by atoms with E-state index in [1.54, 1.807) is 31.4 Å². The number of methoxy groups -OCH3 is 1. The monoisotopic (exact) mass is 295 g/mol. The predicted octanol–water partition coefficient (Wildman–Crippen LogP) is 3.72. The Kier molecular flexibility index (Phi) is 3.62. The molecule has 0 radical (unpaired) electrons. The van der Waals surface area contributed by atoms with Crippen LogP contribution in [0.3, 0.4) is 0 Å². The molecular weight excluding hydrogens is 282 g/mol. The molecule has 0 aliphatic carbocycles. The molecule has 3 aromatic rings. The molecule has 0 atom stereocenters. The quantitative estimate of drug-likeness (QED) is 0.794. The van der Waals surface area contributed by atoms with Crippen molar-refractivity contribution in [2.45, 2.75) is 0 Å². The van der Waals surface area contributed by atoms with Crippen molar-refractivity contribution >= 4 is 5.97 Å². The van der Waals surface area contributed by atoms with Crippen LogP contribution in [0.2, 0.25) is 0 Å². The van der Waals surface area contributed by atoms with E-state index in [4.69, 9.17) is 9.15 Å². The van der Waals surface area contributed by atoms with E-state index >= 15 is 0 Å². The van der Waals surface area contributed by atoms with E-state index < -0.39 is 5.97 Å². The second-order valence-electron chi connectivity index (χ2n) is 4.60. The summed E-state index contributed by atoms with van der Waals surface area (Å²) in [4.78, 5) is 15.5. The van der Waals surface area contributed by atoms with Gasteiger partial charge >= 0.3 is 5.97 Å². The molecule has 1 aromatic heterocycles. The van der Waals surface area contributed by atoms with E-state index in [0.717, 1.165) is 5.56 Å². The minimum absolute atomic E-state index is 0.118. The summed E-state index contributed by atoms with van der Waals surface area (Å²) in [6, 6.07) is 16.2. The van der Waals surface area contributed by atoms with Crippen molar-refractivity contribution in [2.75, 3.05) is 7.11 Å². The van der Waals surface area contributed by atoms with Crippen LogP contribution in [-0.4, -0.2) is 23.2 Å². The van der Waals surface area contributed by atoms with Gasteiger partial charge in [-0.2, -0.15) is 0 Å². The number of ether oxygens (including phenoxy) is 1. The highest BCUT2D eigenvalue weighted by atomic mass is 16.5. The third kappa shape index (κ3) is 2.56. The summed E-state index contributed by atoms with van der Waals surface area (Å²) in [7, 11) is 1.55. The number of aromatic nitrogens is 1. The average molecular weight is 295 g/mol. The second-order valence-corrected chi connectivity index (χ2v) is 4.60. The highest BCUT2D eigenvalue weighted by molar-refractivity contribution is 5.93. The molecule has 0 saturated heterocycles. The Balaban J connectivity index is 2.14. The van der Waals surface area contributed by atoms with E-state index in [0.29, 0.717) is 11.3 Å². The van der Waals surface area contributed by atoms with Crippen molar-refractivity contribution in [2.24, 2.45) is 0 Å². The van der Waals surface area contributed by atoms with Crippen LogP contribution >= 0.6 is 0 Å². The van der Waals surface area contributed by atoms with Crippen LogP contribution in [0.25, 0.3) is 22.8 Å². The topological polar surface area (TPSA) is 72.6 Å². The van der Waals surface area contributed by atoms with Gasteiger partial charge in [0, 0.05) is 11.1 Å². The standard InChI is InChI=1S/C17H13NO4/c1-21-13-9-5-8-12(10-13)15-14(17(19)20)18-16(22-15)11-6-3-2-4-7-11/h2-10H,1H3,(H,19,20). The molecule has 0 amide bonds. The Hall–Kier alpha value is -3.08. The number of carbonyl (C=O) groups is 1. The number of carboxylic acid groups (broad SMARTS) is 1. The van der Waals surface area contributed by atoms with Gasteiger partial charge in [-0.05, 0) is 24.3 Å². The highest BCUT2D eigenvalue weighted by Crippen LogP contribution is 2.31. The van der Waals surface area contributed by atoms with Gasteiger partial charge in [0.25, 0.3) is 0 Å². The molecule has 0 aliphatic heterocycles. The Morgan fingerprint density at radius 3 is 2.50 bits per heavy atom. The third-order valence-electron chi connectivity index (χ3n) is 3.18. The zero-order chi connectivity index (χ0) is 15.5. The molecule has 1 heterocycles. The van der Waals surface area contributed by atoms with Gasteiger partial charge in [-0.3, -0.25) is 0 Å². The van der Waals surface area contributed by atoms with Gasteiger partial charge in [0.15, 0.2) is 11.5 Å². The molecule has 0 aliphatic rings. The van der Waals surface area contributed by atoms with E-state index in [-0.39, 0.29) is 17.3 Å². The van der Waals surface area contributed by atoms with Gasteiger partial charge in [-0.15, -0.1) is 0 Å². The van der Waals surface area contributed by atoms with Gasteiger partial charge in [0.05, 0.1) is 7.11 Å². The number of oxazole rings is 1. The first kappa shape index (κ1) is 13.9. The van der Waals surface area contributed by atoms with Gasteiger partial charge < -0.3 is 14.3 Å². The Labute approximate surface area is 126 Å². The molecule has 5 heteroatoms. The largest absolute Gasteiger partial charge is 0.497 e. The maximum atomic E-state index is 11.4. The molecule has 22 heavy (non-hydrogen) atoms. The number of benzene rings is 2. The smallest absolute Gasteiger partial charge is 0.358 e. The molecule has 0 unspecified atom stereocenters. The summed E-state index contributed by atoms with van der Waals surface area (Å²) in [5, 5.41) is 9.36. The molecule has 2 aromatic carbocycles. The Morgan fingerprint density at radius 2 is 1.82 bits per heavy atom. The maximum Gasteiger partial charge on any atom is 0.358 e. The van der Waals surface area contributed by atoms with Crippen molar-refractivity contribution in [3.05, 3.63) is 60.3 Å². The predicted molar refractivity (Wildman–Crippen MR) is 80.9 cm³/mol. The first-order valence-electron chi connectivity index (χ1n) is 6.63. The van der Waals surface area contributed by atoms with Crippen LogP contribution in [0, 0.1) is 0 Å². The normalized spacial score (nSPS) is 10.4. The fourth-order valence-corrected chi connectivity index (χ4v) is 2.13. The van der Waals surface area contributed by atoms with Crippen LogP contribution in [0.4, 0.5) is 0 Å². The number of hydrogen-bond donors (Lipinski definition) is 1. The first-order valence-corrected chi connectivity index (χ1v) is 6.63. The summed E-state index contributed by atoms with van der Waals surface area (Å²) in [6.07, 6.45) is 0. The molecule has 0 fully saturated rings. The van der Waals surface area contributed by atoms with Crippen LogP contribution in [0.15, 0.2) is 59.0 Å². The Morgan fingerprint density at radius 1 is 1.09 bits per heavy atom. The average Bonchev–Trinajstić information content (AvgIpc) is 3.01. The SMILES string of the molecule is COc1cccc(-c2oc(-c3ccccc3)nc2C(=O)O)c1. The fraction of sp³-hybridized carbons (Fsp3) is 0.0588. The minimum Gasteiger partial charge on any atom is -0.497 e. The van der Waals surface area contributed by atoms with Crippen LogP contribution < -0.4 is 4.74 Å². The number of hydrogen-bond acceptors (Lipinski definition) is 4. The van der Waals surface area contributed by atoms with Crippen molar-refractivity contribution in [3.63, 3.8) is 0 Å². The molecule has 0 saturated carbocycles. The molecular formula is C17H13NO4. The molecule has 3 rings (SSSR count). The van der Waals surface area contributed by atoms with E-state index in [1.807, 2.05) is 30.3 Å². The summed E-state index contributed by atoms with van der Waals surface area (Å²) in [6.45, 7) is 0. The van der Waals surface area contributed by atoms with Crippen LogP contribution in [0.5, 0.6) is 5.75 Å². The first-order chi connectivity index (χ1) is 10.7. The van der Waals surface area contributed by atoms with Gasteiger partial charge in [-0.25, -0.2) is 9.78 Å². The van der Waals surface area contributed by atoms with Gasteiger partial charge in [-0.1, -0.05) is 30.3 Å². The number of carboxylic acids is 1. The third-order valence-corrected chi connectivity index (χ3v) is 3.18. The molecule has 0 bridgehead atoms. The highest BCUT2D eigenvalue weighted by Gasteiger charge is 2.21. The molecule has 1 N–H and O–H groups in total. The maximum absolute atomic E-state index is 11.4. The minimum atomic E-state index is -1.14. The molecule has 0 spiro atoms. The summed E-state index contributed by atoms with van der Waals surface area (Å²) in [5.41, 5.74) is 1.21. The zero-order valence-corrected chi connectivity index (χ0v) is 11.8. The lowest BCUT2D eigenvalue weighted by atomic mass is 10.1. The van der Waals surface area contributed by atoms with E-state index in [2.05, 4.69) is 4.98 Å². The number of rotatable bonds is 4. The van der Waals surface area contributed by atoms with Crippen molar-refractivity contribution in [3.8, 4) is 28.5 Å². The van der Waals surface area contributed by atoms with Crippen molar-refractivity contribution in [1.82, 2.24) is 4.98 Å². The van der Waals surface area contributed by atoms with Crippen LogP contribution in [-0.2, 0) is 0 Å². The zero-order valence-electron chi connectivity index (χ0n) is 11.8. The lowest BCUT2D eigenvalue weighted by Crippen LogP contribution is -1.99. The fourth-order valence-electron chi connectivity index (χ4n) is 2.13.